The molecule has 0 unspecified atom stereocenters. The summed E-state index contributed by atoms with van der Waals surface area (Å²) in [6, 6.07) is 76.7. The molecule has 458 valence electrons. The lowest BCUT2D eigenvalue weighted by Gasteiger charge is -2.37. The molecule has 1 spiro atoms. The molecule has 1 aromatic heterocycles. The van der Waals surface area contributed by atoms with Crippen molar-refractivity contribution in [2.24, 2.45) is 0 Å². The third-order valence-electron chi connectivity index (χ3n) is 17.1. The van der Waals surface area contributed by atoms with E-state index >= 15 is 0 Å². The van der Waals surface area contributed by atoms with Crippen molar-refractivity contribution < 1.29 is 47.3 Å². The van der Waals surface area contributed by atoms with Crippen molar-refractivity contribution in [3.63, 3.8) is 0 Å². The van der Waals surface area contributed by atoms with Gasteiger partial charge in [-0.3, -0.25) is 9.59 Å². The minimum atomic E-state index is -1.75. The molecule has 3 aliphatic heterocycles. The van der Waals surface area contributed by atoms with Crippen LogP contribution in [0.25, 0.3) is 11.0 Å². The summed E-state index contributed by atoms with van der Waals surface area (Å²) < 4.78 is 31.8. The summed E-state index contributed by atoms with van der Waals surface area (Å²) in [5.41, 5.74) is 0.955. The maximum Gasteiger partial charge on any atom is 0.349 e. The van der Waals surface area contributed by atoms with Crippen molar-refractivity contribution in [1.29, 1.82) is 0 Å². The normalized spacial score (nSPS) is 13.6. The zero-order valence-corrected chi connectivity index (χ0v) is 52.4. The molecular formula is C77H59N3O11P2. The van der Waals surface area contributed by atoms with Gasteiger partial charge in [0.2, 0.25) is 0 Å². The Morgan fingerprint density at radius 1 is 0.473 bits per heavy atom. The number of carbonyl (C=O) groups excluding carboxylic acids is 5. The Balaban J connectivity index is 0.795. The van der Waals surface area contributed by atoms with E-state index in [0.29, 0.717) is 38.8 Å². The number of piperazine rings is 1. The van der Waals surface area contributed by atoms with Crippen LogP contribution >= 0.6 is 15.8 Å². The maximum atomic E-state index is 14.8. The van der Waals surface area contributed by atoms with Gasteiger partial charge in [0.05, 0.1) is 16.7 Å². The Bertz CT molecular complexity index is 4520. The number of anilines is 1. The summed E-state index contributed by atoms with van der Waals surface area (Å²) in [5, 5.41) is 6.41. The van der Waals surface area contributed by atoms with Gasteiger partial charge in [-0.25, -0.2) is 19.2 Å². The van der Waals surface area contributed by atoms with Crippen LogP contribution in [-0.4, -0.2) is 78.8 Å². The first-order valence-electron chi connectivity index (χ1n) is 30.7. The highest BCUT2D eigenvalue weighted by molar-refractivity contribution is 7.80. The molecule has 16 heteroatoms. The van der Waals surface area contributed by atoms with Gasteiger partial charge in [-0.2, -0.15) is 0 Å². The predicted octanol–water partition coefficient (Wildman–Crippen LogP) is 11.8. The van der Waals surface area contributed by atoms with Crippen molar-refractivity contribution in [1.82, 2.24) is 9.80 Å². The number of hydrogen-bond donors (Lipinski definition) is 0. The number of hydrogen-bond acceptors (Lipinski definition) is 12. The third kappa shape index (κ3) is 11.3. The highest BCUT2D eigenvalue weighted by atomic mass is 31.1. The van der Waals surface area contributed by atoms with Crippen molar-refractivity contribution in [3.05, 3.63) is 304 Å². The first-order chi connectivity index (χ1) is 45.5. The van der Waals surface area contributed by atoms with Crippen LogP contribution in [0, 0.1) is 0 Å². The smallest absolute Gasteiger partial charge is 0.349 e. The van der Waals surface area contributed by atoms with Crippen LogP contribution in [-0.2, 0) is 10.3 Å². The quantitative estimate of drug-likeness (QED) is 0.0414. The minimum Gasteiger partial charge on any atom is -0.456 e. The molecule has 11 aromatic rings. The zero-order valence-electron chi connectivity index (χ0n) is 50.6. The Kier molecular flexibility index (Phi) is 16.4. The van der Waals surface area contributed by atoms with E-state index in [-0.39, 0.29) is 71.8 Å². The molecule has 3 aliphatic rings. The van der Waals surface area contributed by atoms with Gasteiger partial charge < -0.3 is 38.1 Å². The van der Waals surface area contributed by atoms with E-state index in [4.69, 9.17) is 23.4 Å². The fourth-order valence-electron chi connectivity index (χ4n) is 12.6. The molecule has 4 heterocycles. The lowest BCUT2D eigenvalue weighted by atomic mass is 9.77. The van der Waals surface area contributed by atoms with Crippen LogP contribution < -0.4 is 56.6 Å². The highest BCUT2D eigenvalue weighted by Crippen LogP contribution is 2.57. The van der Waals surface area contributed by atoms with E-state index in [1.807, 2.05) is 129 Å². The molecule has 0 radical (unpaired) electrons. The number of carbonyl (C=O) groups is 5. The summed E-state index contributed by atoms with van der Waals surface area (Å²) in [6.45, 7) is 6.21. The van der Waals surface area contributed by atoms with Crippen LogP contribution in [0.3, 0.4) is 0 Å². The monoisotopic (exact) mass is 1260 g/mol. The summed E-state index contributed by atoms with van der Waals surface area (Å²) in [5.74, 6) is -2.18. The molecule has 1 fully saturated rings. The van der Waals surface area contributed by atoms with Crippen LogP contribution in [0.2, 0.25) is 0 Å². The second-order valence-corrected chi connectivity index (χ2v) is 26.9. The van der Waals surface area contributed by atoms with Gasteiger partial charge in [-0.05, 0) is 134 Å². The second-order valence-electron chi connectivity index (χ2n) is 22.5. The lowest BCUT2D eigenvalue weighted by molar-refractivity contribution is 0.0224. The lowest BCUT2D eigenvalue weighted by Crippen LogP contribution is -2.51. The van der Waals surface area contributed by atoms with Crippen LogP contribution in [0.4, 0.5) is 5.69 Å². The summed E-state index contributed by atoms with van der Waals surface area (Å²) >= 11 is 0. The minimum absolute atomic E-state index is 0.0947. The van der Waals surface area contributed by atoms with Crippen molar-refractivity contribution in [2.75, 3.05) is 44.2 Å². The molecular weight excluding hydrogens is 1200 g/mol. The Labute approximate surface area is 538 Å². The zero-order chi connectivity index (χ0) is 63.7. The van der Waals surface area contributed by atoms with Gasteiger partial charge in [0.25, 0.3) is 11.8 Å². The number of benzene rings is 10. The topological polar surface area (TPSA) is 162 Å². The van der Waals surface area contributed by atoms with Gasteiger partial charge in [-0.1, -0.05) is 158 Å². The predicted molar refractivity (Wildman–Crippen MR) is 363 cm³/mol. The molecule has 0 saturated carbocycles. The molecule has 10 aromatic carbocycles. The van der Waals surface area contributed by atoms with E-state index in [1.165, 1.54) is 0 Å². The fourth-order valence-corrected chi connectivity index (χ4v) is 17.5. The average Bonchev–Trinajstić information content (AvgIpc) is 1.60. The number of amides is 2. The number of nitrogens with zero attached hydrogens (tertiary/aromatic N) is 3. The molecule has 93 heavy (non-hydrogen) atoms. The van der Waals surface area contributed by atoms with Crippen LogP contribution in [0.5, 0.6) is 23.0 Å². The molecule has 0 bridgehead atoms. The average molecular weight is 1260 g/mol. The van der Waals surface area contributed by atoms with Crippen molar-refractivity contribution in [2.45, 2.75) is 19.4 Å². The van der Waals surface area contributed by atoms with Crippen LogP contribution in [0.1, 0.15) is 82.3 Å². The Hall–Kier alpha value is -10.8. The largest absolute Gasteiger partial charge is 0.456 e. The standard InChI is InChI=1S/C77H59N3O11P2/c1-3-78(4-2)52-35-33-50-45-62(75(85)90-66(50)47-52)72(82)80-43-41-79(42-44-80)71(81)51-34-38-59-65(46-51)77(91-76(59)86)63-39-36-53(87-73(83)60-29-17-19-31-69(60)92(55-21-9-5-10-22-55)56-23-11-6-12-24-56)48-67(63)89-68-49-54(37-40-64(68)77)88-74(84)61-30-18-20-32-70(61)93(57-25-13-7-14-26-57)58-27-15-8-16-28-58/h5-40,45-49H,3-4,41-44H2,1-2H3. The van der Waals surface area contributed by atoms with Gasteiger partial charge >= 0.3 is 23.5 Å². The van der Waals surface area contributed by atoms with Crippen molar-refractivity contribution in [3.8, 4) is 23.0 Å². The van der Waals surface area contributed by atoms with Crippen LogP contribution in [0.15, 0.2) is 258 Å². The summed E-state index contributed by atoms with van der Waals surface area (Å²) in [4.78, 5) is 91.4. The molecule has 0 aliphatic carbocycles. The summed E-state index contributed by atoms with van der Waals surface area (Å²) in [7, 11) is -2.41. The van der Waals surface area contributed by atoms with Gasteiger partial charge in [-0.15, -0.1) is 0 Å². The number of rotatable bonds is 15. The first-order valence-corrected chi connectivity index (χ1v) is 33.4. The third-order valence-corrected chi connectivity index (χ3v) is 22.1. The van der Waals surface area contributed by atoms with Gasteiger partial charge in [0.1, 0.15) is 34.1 Å². The molecule has 0 atom stereocenters. The number of ether oxygens (including phenoxy) is 4. The first kappa shape index (κ1) is 59.8. The molecule has 14 rings (SSSR count). The maximum absolute atomic E-state index is 14.8. The van der Waals surface area contributed by atoms with Gasteiger partial charge in [0, 0.05) is 90.8 Å². The van der Waals surface area contributed by atoms with E-state index in [2.05, 4.69) is 53.4 Å². The van der Waals surface area contributed by atoms with E-state index in [9.17, 15) is 28.8 Å². The molecule has 14 nitrogen and oxygen atoms in total. The second kappa shape index (κ2) is 25.5. The van der Waals surface area contributed by atoms with Crippen molar-refractivity contribution >= 4 is 94.0 Å². The van der Waals surface area contributed by atoms with E-state index in [0.717, 1.165) is 50.6 Å². The number of esters is 3. The molecule has 0 N–H and O–H groups in total. The molecule has 2 amide bonds. The van der Waals surface area contributed by atoms with E-state index in [1.54, 1.807) is 94.7 Å². The van der Waals surface area contributed by atoms with E-state index < -0.39 is 50.9 Å². The fraction of sp³-hybridized carbons (Fsp3) is 0.117. The van der Waals surface area contributed by atoms with Gasteiger partial charge in [0.15, 0.2) is 5.60 Å². The Morgan fingerprint density at radius 3 is 1.42 bits per heavy atom. The number of fused-ring (bicyclic) bond motifs is 7. The summed E-state index contributed by atoms with van der Waals surface area (Å²) in [6.07, 6.45) is 0. The SMILES string of the molecule is CCN(CC)c1ccc2cc(C(=O)N3CCN(C(=O)c4ccc5c(c4)C4(OC5=O)c5ccc(OC(=O)c6ccccc6P(c6ccccc6)c6ccccc6)cc5Oc5cc(OC(=O)c6ccccc6P(c6ccccc6)c6ccccc6)ccc54)CC3)c(=O)oc2c1. The molecule has 1 saturated heterocycles. The Morgan fingerprint density at radius 2 is 0.935 bits per heavy atom. The highest BCUT2D eigenvalue weighted by Gasteiger charge is 2.54.